The van der Waals surface area contributed by atoms with Crippen molar-refractivity contribution < 1.29 is 14.7 Å². The lowest BCUT2D eigenvalue weighted by atomic mass is 10.0. The van der Waals surface area contributed by atoms with E-state index >= 15 is 0 Å². The molecule has 0 radical (unpaired) electrons. The first kappa shape index (κ1) is 14.8. The van der Waals surface area contributed by atoms with Crippen LogP contribution in [0.15, 0.2) is 0 Å². The van der Waals surface area contributed by atoms with Crippen LogP contribution in [0.2, 0.25) is 0 Å². The van der Waals surface area contributed by atoms with Crippen molar-refractivity contribution >= 4 is 12.0 Å². The van der Waals surface area contributed by atoms with E-state index in [0.29, 0.717) is 31.3 Å². The van der Waals surface area contributed by atoms with Gasteiger partial charge in [-0.05, 0) is 24.2 Å². The summed E-state index contributed by atoms with van der Waals surface area (Å²) < 4.78 is 0. The van der Waals surface area contributed by atoms with Crippen LogP contribution in [0, 0.1) is 17.8 Å². The molecule has 0 saturated carbocycles. The Morgan fingerprint density at radius 3 is 2.17 bits per heavy atom. The highest BCUT2D eigenvalue weighted by molar-refractivity contribution is 5.82. The van der Waals surface area contributed by atoms with Crippen molar-refractivity contribution in [2.45, 2.75) is 40.2 Å². The molecule has 0 aromatic carbocycles. The fraction of sp³-hybridized carbons (Fsp3) is 0.846. The number of urea groups is 1. The number of amides is 2. The number of carboxylic acids is 1. The van der Waals surface area contributed by atoms with Crippen molar-refractivity contribution in [3.05, 3.63) is 0 Å². The third kappa shape index (κ3) is 3.89. The normalized spacial score (nSPS) is 25.3. The van der Waals surface area contributed by atoms with Crippen LogP contribution < -0.4 is 5.32 Å². The molecule has 0 aromatic rings. The summed E-state index contributed by atoms with van der Waals surface area (Å²) in [5, 5.41) is 11.7. The van der Waals surface area contributed by atoms with Gasteiger partial charge in [0.1, 0.15) is 6.04 Å². The second kappa shape index (κ2) is 6.07. The SMILES string of the molecule is CC(C)CC(NC(=O)N1CC(C)C(C)C1)C(=O)O. The number of nitrogens with one attached hydrogen (secondary N) is 1. The monoisotopic (exact) mass is 256 g/mol. The molecule has 0 aromatic heterocycles. The summed E-state index contributed by atoms with van der Waals surface area (Å²) in [5.41, 5.74) is 0. The quantitative estimate of drug-likeness (QED) is 0.805. The number of rotatable bonds is 4. The van der Waals surface area contributed by atoms with Crippen molar-refractivity contribution in [3.8, 4) is 0 Å². The molecule has 104 valence electrons. The summed E-state index contributed by atoms with van der Waals surface area (Å²) in [5.74, 6) is 0.230. The van der Waals surface area contributed by atoms with E-state index in [0.717, 1.165) is 0 Å². The van der Waals surface area contributed by atoms with E-state index in [1.165, 1.54) is 0 Å². The minimum absolute atomic E-state index is 0.239. The summed E-state index contributed by atoms with van der Waals surface area (Å²) in [7, 11) is 0. The zero-order chi connectivity index (χ0) is 13.9. The predicted molar refractivity (Wildman–Crippen MR) is 69.3 cm³/mol. The van der Waals surface area contributed by atoms with Gasteiger partial charge in [-0.15, -0.1) is 0 Å². The number of carboxylic acid groups (broad SMARTS) is 1. The molecule has 5 nitrogen and oxygen atoms in total. The molecule has 1 aliphatic heterocycles. The maximum atomic E-state index is 12.0. The van der Waals surface area contributed by atoms with Crippen LogP contribution in [0.1, 0.15) is 34.1 Å². The summed E-state index contributed by atoms with van der Waals surface area (Å²) in [6, 6.07) is -1.04. The molecule has 3 atom stereocenters. The van der Waals surface area contributed by atoms with E-state index in [-0.39, 0.29) is 11.9 Å². The lowest BCUT2D eigenvalue weighted by Gasteiger charge is -2.22. The van der Waals surface area contributed by atoms with Gasteiger partial charge in [0.15, 0.2) is 0 Å². The van der Waals surface area contributed by atoms with Crippen molar-refractivity contribution in [2.24, 2.45) is 17.8 Å². The molecule has 1 rings (SSSR count). The Morgan fingerprint density at radius 2 is 1.78 bits per heavy atom. The number of carbonyl (C=O) groups is 2. The van der Waals surface area contributed by atoms with Crippen LogP contribution >= 0.6 is 0 Å². The Morgan fingerprint density at radius 1 is 1.28 bits per heavy atom. The first-order valence-corrected chi connectivity index (χ1v) is 6.59. The zero-order valence-corrected chi connectivity index (χ0v) is 11.6. The molecular weight excluding hydrogens is 232 g/mol. The Labute approximate surface area is 109 Å². The van der Waals surface area contributed by atoms with Gasteiger partial charge in [0.05, 0.1) is 0 Å². The van der Waals surface area contributed by atoms with Gasteiger partial charge in [-0.25, -0.2) is 9.59 Å². The summed E-state index contributed by atoms with van der Waals surface area (Å²) in [6.07, 6.45) is 0.458. The average Bonchev–Trinajstić information content (AvgIpc) is 2.57. The fourth-order valence-electron chi connectivity index (χ4n) is 2.23. The van der Waals surface area contributed by atoms with E-state index < -0.39 is 12.0 Å². The third-order valence-corrected chi connectivity index (χ3v) is 3.58. The van der Waals surface area contributed by atoms with Crippen molar-refractivity contribution in [1.82, 2.24) is 10.2 Å². The van der Waals surface area contributed by atoms with E-state index in [9.17, 15) is 9.59 Å². The Hall–Kier alpha value is -1.26. The maximum Gasteiger partial charge on any atom is 0.326 e. The highest BCUT2D eigenvalue weighted by Gasteiger charge is 2.31. The molecule has 18 heavy (non-hydrogen) atoms. The predicted octanol–water partition coefficient (Wildman–Crippen LogP) is 1.78. The van der Waals surface area contributed by atoms with Gasteiger partial charge in [-0.1, -0.05) is 27.7 Å². The number of likely N-dealkylation sites (tertiary alicyclic amines) is 1. The van der Waals surface area contributed by atoms with E-state index in [1.807, 2.05) is 13.8 Å². The van der Waals surface area contributed by atoms with Crippen LogP contribution in [0.5, 0.6) is 0 Å². The van der Waals surface area contributed by atoms with E-state index in [2.05, 4.69) is 19.2 Å². The number of aliphatic carboxylic acids is 1. The van der Waals surface area contributed by atoms with Gasteiger partial charge in [0, 0.05) is 13.1 Å². The maximum absolute atomic E-state index is 12.0. The second-order valence-corrected chi connectivity index (χ2v) is 5.83. The molecule has 1 fully saturated rings. The lowest BCUT2D eigenvalue weighted by molar-refractivity contribution is -0.139. The molecule has 2 amide bonds. The summed E-state index contributed by atoms with van der Waals surface area (Å²) >= 11 is 0. The molecule has 0 spiro atoms. The minimum Gasteiger partial charge on any atom is -0.480 e. The number of carbonyl (C=O) groups excluding carboxylic acids is 1. The first-order chi connectivity index (χ1) is 8.31. The summed E-state index contributed by atoms with van der Waals surface area (Å²) in [6.45, 7) is 9.54. The lowest BCUT2D eigenvalue weighted by Crippen LogP contribution is -2.47. The van der Waals surface area contributed by atoms with Gasteiger partial charge in [-0.3, -0.25) is 0 Å². The number of nitrogens with zero attached hydrogens (tertiary/aromatic N) is 1. The first-order valence-electron chi connectivity index (χ1n) is 6.59. The van der Waals surface area contributed by atoms with Crippen LogP contribution in [0.3, 0.4) is 0 Å². The van der Waals surface area contributed by atoms with Crippen molar-refractivity contribution in [1.29, 1.82) is 0 Å². The van der Waals surface area contributed by atoms with E-state index in [1.54, 1.807) is 4.90 Å². The average molecular weight is 256 g/mol. The molecule has 1 saturated heterocycles. The molecule has 1 heterocycles. The standard InChI is InChI=1S/C13H24N2O3/c1-8(2)5-11(12(16)17)14-13(18)15-6-9(3)10(4)7-15/h8-11H,5-7H2,1-4H3,(H,14,18)(H,16,17). The topological polar surface area (TPSA) is 69.6 Å². The van der Waals surface area contributed by atoms with Crippen LogP contribution in [0.25, 0.3) is 0 Å². The van der Waals surface area contributed by atoms with Gasteiger partial charge in [-0.2, -0.15) is 0 Å². The molecule has 5 heteroatoms. The van der Waals surface area contributed by atoms with Crippen molar-refractivity contribution in [2.75, 3.05) is 13.1 Å². The number of hydrogen-bond acceptors (Lipinski definition) is 2. The Bertz CT molecular complexity index is 307. The molecular formula is C13H24N2O3. The highest BCUT2D eigenvalue weighted by atomic mass is 16.4. The molecule has 0 bridgehead atoms. The van der Waals surface area contributed by atoms with Gasteiger partial charge in [0.2, 0.25) is 0 Å². The Kier molecular flexibility index (Phi) is 4.99. The van der Waals surface area contributed by atoms with Crippen LogP contribution in [-0.4, -0.2) is 41.1 Å². The van der Waals surface area contributed by atoms with Crippen LogP contribution in [-0.2, 0) is 4.79 Å². The summed E-state index contributed by atoms with van der Waals surface area (Å²) in [4.78, 5) is 24.8. The highest BCUT2D eigenvalue weighted by Crippen LogP contribution is 2.22. The smallest absolute Gasteiger partial charge is 0.326 e. The second-order valence-electron chi connectivity index (χ2n) is 5.83. The van der Waals surface area contributed by atoms with Gasteiger partial charge >= 0.3 is 12.0 Å². The largest absolute Gasteiger partial charge is 0.480 e. The zero-order valence-electron chi connectivity index (χ0n) is 11.6. The molecule has 0 aliphatic carbocycles. The van der Waals surface area contributed by atoms with Gasteiger partial charge < -0.3 is 15.3 Å². The number of hydrogen-bond donors (Lipinski definition) is 2. The molecule has 3 unspecified atom stereocenters. The minimum atomic E-state index is -0.961. The molecule has 1 aliphatic rings. The van der Waals surface area contributed by atoms with Crippen molar-refractivity contribution in [3.63, 3.8) is 0 Å². The Balaban J connectivity index is 2.54. The fourth-order valence-corrected chi connectivity index (χ4v) is 2.23. The third-order valence-electron chi connectivity index (χ3n) is 3.58. The van der Waals surface area contributed by atoms with E-state index in [4.69, 9.17) is 5.11 Å². The molecule has 2 N–H and O–H groups in total. The van der Waals surface area contributed by atoms with Crippen LogP contribution in [0.4, 0.5) is 4.79 Å². The van der Waals surface area contributed by atoms with Gasteiger partial charge in [0.25, 0.3) is 0 Å².